The van der Waals surface area contributed by atoms with Gasteiger partial charge in [0.2, 0.25) is 11.5 Å². The highest BCUT2D eigenvalue weighted by Gasteiger charge is 2.46. The molecule has 1 aliphatic carbocycles. The van der Waals surface area contributed by atoms with Gasteiger partial charge in [0, 0.05) is 38.0 Å². The Labute approximate surface area is 189 Å². The predicted octanol–water partition coefficient (Wildman–Crippen LogP) is 2.93. The Bertz CT molecular complexity index is 1050. The highest BCUT2D eigenvalue weighted by atomic mass is 19.3. The van der Waals surface area contributed by atoms with Crippen LogP contribution in [0.4, 0.5) is 14.6 Å². The molecule has 0 aromatic carbocycles. The average molecular weight is 460 g/mol. The maximum atomic E-state index is 14.6. The number of carbonyl (C=O) groups excluding carboxylic acids is 2. The van der Waals surface area contributed by atoms with Crippen molar-refractivity contribution in [2.45, 2.75) is 56.6 Å². The third-order valence-electron chi connectivity index (χ3n) is 6.37. The molecule has 4 rings (SSSR count). The molecule has 3 heterocycles. The van der Waals surface area contributed by atoms with Crippen LogP contribution in [0.5, 0.6) is 0 Å². The highest BCUT2D eigenvalue weighted by molar-refractivity contribution is 5.94. The van der Waals surface area contributed by atoms with Gasteiger partial charge in [0.05, 0.1) is 17.5 Å². The Morgan fingerprint density at radius 1 is 1.27 bits per heavy atom. The summed E-state index contributed by atoms with van der Waals surface area (Å²) >= 11 is 0. The number of rotatable bonds is 6. The van der Waals surface area contributed by atoms with Crippen molar-refractivity contribution in [2.24, 2.45) is 0 Å². The Balaban J connectivity index is 1.37. The molecule has 2 aromatic rings. The van der Waals surface area contributed by atoms with Gasteiger partial charge in [0.15, 0.2) is 0 Å². The zero-order chi connectivity index (χ0) is 23.6. The number of ether oxygens (including phenoxy) is 1. The van der Waals surface area contributed by atoms with Crippen LogP contribution in [0.1, 0.15) is 54.4 Å². The first kappa shape index (κ1) is 23.0. The maximum Gasteiger partial charge on any atom is 0.339 e. The van der Waals surface area contributed by atoms with Crippen LogP contribution >= 0.6 is 0 Å². The van der Waals surface area contributed by atoms with Crippen molar-refractivity contribution in [1.82, 2.24) is 14.9 Å². The van der Waals surface area contributed by atoms with Crippen molar-refractivity contribution in [3.05, 3.63) is 58.1 Å². The summed E-state index contributed by atoms with van der Waals surface area (Å²) in [4.78, 5) is 44.3. The predicted molar refractivity (Wildman–Crippen MR) is 116 cm³/mol. The molecule has 8 nitrogen and oxygen atoms in total. The highest BCUT2D eigenvalue weighted by Crippen LogP contribution is 2.40. The molecule has 2 aliphatic rings. The molecule has 2 atom stereocenters. The topological polar surface area (TPSA) is 104 Å². The van der Waals surface area contributed by atoms with Gasteiger partial charge >= 0.3 is 5.97 Å². The number of halogens is 2. The summed E-state index contributed by atoms with van der Waals surface area (Å²) in [7, 11) is 0. The summed E-state index contributed by atoms with van der Waals surface area (Å²) in [5.41, 5.74) is 0.259. The number of piperidine rings is 1. The number of hydrogen-bond donors (Lipinski definition) is 2. The number of aromatic nitrogens is 2. The van der Waals surface area contributed by atoms with Gasteiger partial charge in [-0.15, -0.1) is 0 Å². The molecule has 0 bridgehead atoms. The van der Waals surface area contributed by atoms with E-state index >= 15 is 0 Å². The van der Waals surface area contributed by atoms with Crippen molar-refractivity contribution in [2.75, 3.05) is 18.4 Å². The third-order valence-corrected chi connectivity index (χ3v) is 6.37. The Kier molecular flexibility index (Phi) is 6.55. The normalized spacial score (nSPS) is 21.6. The second kappa shape index (κ2) is 9.38. The lowest BCUT2D eigenvalue weighted by molar-refractivity contribution is -0.125. The number of esters is 1. The number of pyridine rings is 2. The van der Waals surface area contributed by atoms with E-state index < -0.39 is 36.2 Å². The standard InChI is InChI=1S/C23H26F2N4O4/c1-14(29-10-9-23(24,25)18(13-29)15-6-8-20(30)27-11-15)21(31)28-19-7-5-16(12-26-19)22(32)33-17-3-2-4-17/h5-8,11-12,14,17-18H,2-4,9-10,13H2,1H3,(H,27,30)(H,26,28,31). The van der Waals surface area contributed by atoms with Gasteiger partial charge < -0.3 is 15.0 Å². The summed E-state index contributed by atoms with van der Waals surface area (Å²) in [6.45, 7) is 1.67. The van der Waals surface area contributed by atoms with Gasteiger partial charge in [-0.1, -0.05) is 6.07 Å². The molecule has 1 saturated heterocycles. The van der Waals surface area contributed by atoms with Crippen LogP contribution in [0.2, 0.25) is 0 Å². The van der Waals surface area contributed by atoms with E-state index in [0.717, 1.165) is 19.3 Å². The molecule has 0 spiro atoms. The molecular formula is C23H26F2N4O4. The maximum absolute atomic E-state index is 14.6. The molecule has 1 amide bonds. The largest absolute Gasteiger partial charge is 0.459 e. The fourth-order valence-corrected chi connectivity index (χ4v) is 3.96. The lowest BCUT2D eigenvalue weighted by Crippen LogP contribution is -2.52. The summed E-state index contributed by atoms with van der Waals surface area (Å²) in [5, 5.41) is 2.67. The molecule has 2 fully saturated rings. The van der Waals surface area contributed by atoms with Crippen molar-refractivity contribution in [3.8, 4) is 0 Å². The number of likely N-dealkylation sites (tertiary alicyclic amines) is 1. The van der Waals surface area contributed by atoms with Crippen LogP contribution in [-0.2, 0) is 9.53 Å². The minimum absolute atomic E-state index is 0.0328. The van der Waals surface area contributed by atoms with Gasteiger partial charge in [-0.25, -0.2) is 18.6 Å². The first-order chi connectivity index (χ1) is 15.7. The molecular weight excluding hydrogens is 434 g/mol. The van der Waals surface area contributed by atoms with E-state index in [-0.39, 0.29) is 30.6 Å². The van der Waals surface area contributed by atoms with Crippen molar-refractivity contribution >= 4 is 17.7 Å². The number of anilines is 1. The number of nitrogens with zero attached hydrogens (tertiary/aromatic N) is 2. The van der Waals surface area contributed by atoms with Gasteiger partial charge in [-0.2, -0.15) is 0 Å². The van der Waals surface area contributed by atoms with Crippen molar-refractivity contribution in [3.63, 3.8) is 0 Å². The number of carbonyl (C=O) groups is 2. The molecule has 1 saturated carbocycles. The molecule has 176 valence electrons. The van der Waals surface area contributed by atoms with E-state index in [0.29, 0.717) is 11.1 Å². The minimum Gasteiger partial charge on any atom is -0.459 e. The molecule has 2 N–H and O–H groups in total. The molecule has 2 unspecified atom stereocenters. The number of H-pyrrole nitrogens is 1. The van der Waals surface area contributed by atoms with Crippen LogP contribution in [0, 0.1) is 0 Å². The average Bonchev–Trinajstić information content (AvgIpc) is 2.77. The molecule has 10 heteroatoms. The number of hydrogen-bond acceptors (Lipinski definition) is 6. The van der Waals surface area contributed by atoms with Crippen molar-refractivity contribution < 1.29 is 23.1 Å². The van der Waals surface area contributed by atoms with Gasteiger partial charge in [0.1, 0.15) is 11.9 Å². The van der Waals surface area contributed by atoms with E-state index in [1.54, 1.807) is 11.8 Å². The van der Waals surface area contributed by atoms with E-state index in [9.17, 15) is 23.2 Å². The fraction of sp³-hybridized carbons (Fsp3) is 0.478. The quantitative estimate of drug-likeness (QED) is 0.643. The van der Waals surface area contributed by atoms with E-state index in [1.807, 2.05) is 0 Å². The van der Waals surface area contributed by atoms with Gasteiger partial charge in [-0.05, 0) is 43.9 Å². The first-order valence-electron chi connectivity index (χ1n) is 11.0. The van der Waals surface area contributed by atoms with E-state index in [2.05, 4.69) is 15.3 Å². The SMILES string of the molecule is CC(C(=O)Nc1ccc(C(=O)OC2CCC2)cn1)N1CCC(F)(F)C(c2ccc(=O)[nH]c2)C1. The van der Waals surface area contributed by atoms with Crippen LogP contribution in [-0.4, -0.2) is 57.9 Å². The third kappa shape index (κ3) is 5.27. The van der Waals surface area contributed by atoms with Gasteiger partial charge in [0.25, 0.3) is 5.92 Å². The van der Waals surface area contributed by atoms with E-state index in [1.165, 1.54) is 36.7 Å². The Morgan fingerprint density at radius 3 is 2.67 bits per heavy atom. The van der Waals surface area contributed by atoms with E-state index in [4.69, 9.17) is 4.74 Å². The summed E-state index contributed by atoms with van der Waals surface area (Å²) < 4.78 is 34.5. The Hall–Kier alpha value is -3.14. The number of amides is 1. The number of aromatic amines is 1. The lowest BCUT2D eigenvalue weighted by atomic mass is 9.87. The van der Waals surface area contributed by atoms with Crippen molar-refractivity contribution in [1.29, 1.82) is 0 Å². The van der Waals surface area contributed by atoms with Crippen LogP contribution in [0.3, 0.4) is 0 Å². The monoisotopic (exact) mass is 460 g/mol. The van der Waals surface area contributed by atoms with Crippen LogP contribution < -0.4 is 10.9 Å². The number of nitrogens with one attached hydrogen (secondary N) is 2. The number of alkyl halides is 2. The lowest BCUT2D eigenvalue weighted by Gasteiger charge is -2.40. The minimum atomic E-state index is -2.95. The molecule has 1 aliphatic heterocycles. The van der Waals surface area contributed by atoms with Crippen LogP contribution in [0.15, 0.2) is 41.5 Å². The molecule has 0 radical (unpaired) electrons. The first-order valence-corrected chi connectivity index (χ1v) is 11.0. The zero-order valence-corrected chi connectivity index (χ0v) is 18.2. The van der Waals surface area contributed by atoms with Crippen LogP contribution in [0.25, 0.3) is 0 Å². The summed E-state index contributed by atoms with van der Waals surface area (Å²) in [6, 6.07) is 4.97. The second-order valence-electron chi connectivity index (χ2n) is 8.60. The zero-order valence-electron chi connectivity index (χ0n) is 18.2. The smallest absolute Gasteiger partial charge is 0.339 e. The molecule has 33 heavy (non-hydrogen) atoms. The van der Waals surface area contributed by atoms with Gasteiger partial charge in [-0.3, -0.25) is 14.5 Å². The summed E-state index contributed by atoms with van der Waals surface area (Å²) in [5.74, 6) is -4.67. The second-order valence-corrected chi connectivity index (χ2v) is 8.60. The summed E-state index contributed by atoms with van der Waals surface area (Å²) in [6.07, 6.45) is 5.01. The Morgan fingerprint density at radius 2 is 2.06 bits per heavy atom. The fourth-order valence-electron chi connectivity index (χ4n) is 3.96. The molecule has 2 aromatic heterocycles.